The predicted octanol–water partition coefficient (Wildman–Crippen LogP) is 0.836. The molecule has 2 rings (SSSR count). The Morgan fingerprint density at radius 3 is 2.50 bits per heavy atom. The molecule has 68 valence electrons. The summed E-state index contributed by atoms with van der Waals surface area (Å²) in [6.07, 6.45) is 3.71. The molecule has 0 aromatic carbocycles. The first-order valence-corrected chi connectivity index (χ1v) is 4.57. The number of aliphatic carboxylic acids is 1. The molecule has 2 fully saturated rings. The molecule has 0 bridgehead atoms. The second kappa shape index (κ2) is 2.46. The lowest BCUT2D eigenvalue weighted by Gasteiger charge is -2.26. The Labute approximate surface area is 71.9 Å². The number of nitrogens with two attached hydrogens (primary N) is 1. The van der Waals surface area contributed by atoms with E-state index >= 15 is 0 Å². The van der Waals surface area contributed by atoms with Crippen molar-refractivity contribution in [3.63, 3.8) is 0 Å². The van der Waals surface area contributed by atoms with Gasteiger partial charge in [-0.05, 0) is 43.1 Å². The van der Waals surface area contributed by atoms with Gasteiger partial charge in [-0.15, -0.1) is 0 Å². The molecule has 2 aliphatic rings. The topological polar surface area (TPSA) is 63.3 Å². The van der Waals surface area contributed by atoms with Crippen molar-refractivity contribution in [2.45, 2.75) is 25.7 Å². The fourth-order valence-corrected chi connectivity index (χ4v) is 2.71. The highest BCUT2D eigenvalue weighted by Crippen LogP contribution is 2.60. The van der Waals surface area contributed by atoms with Gasteiger partial charge in [0.1, 0.15) is 0 Å². The molecular formula is C9H15NO2. The Balaban J connectivity index is 2.00. The molecule has 0 aliphatic heterocycles. The molecule has 2 saturated carbocycles. The third kappa shape index (κ3) is 1.22. The molecule has 0 spiro atoms. The average Bonchev–Trinajstić information content (AvgIpc) is 2.59. The number of carboxylic acids is 1. The van der Waals surface area contributed by atoms with Crippen LogP contribution in [0.5, 0.6) is 0 Å². The largest absolute Gasteiger partial charge is 0.481 e. The summed E-state index contributed by atoms with van der Waals surface area (Å²) in [5.74, 6) is 0.933. The van der Waals surface area contributed by atoms with Crippen LogP contribution in [0.15, 0.2) is 0 Å². The average molecular weight is 169 g/mol. The van der Waals surface area contributed by atoms with Crippen LogP contribution < -0.4 is 5.73 Å². The van der Waals surface area contributed by atoms with Crippen molar-refractivity contribution in [1.82, 2.24) is 0 Å². The summed E-state index contributed by atoms with van der Waals surface area (Å²) in [4.78, 5) is 10.6. The predicted molar refractivity (Wildman–Crippen MR) is 44.6 cm³/mol. The first-order valence-electron chi connectivity index (χ1n) is 4.57. The molecular weight excluding hydrogens is 154 g/mol. The van der Waals surface area contributed by atoms with Gasteiger partial charge in [-0.3, -0.25) is 4.79 Å². The molecule has 0 radical (unpaired) electrons. The lowest BCUT2D eigenvalue weighted by Crippen LogP contribution is -2.31. The summed E-state index contributed by atoms with van der Waals surface area (Å²) in [6.45, 7) is 0.548. The Bertz CT molecular complexity index is 205. The number of rotatable bonds is 3. The summed E-state index contributed by atoms with van der Waals surface area (Å²) in [5.41, 5.74) is 5.59. The van der Waals surface area contributed by atoms with E-state index in [4.69, 9.17) is 10.8 Å². The zero-order chi connectivity index (χ0) is 8.77. The van der Waals surface area contributed by atoms with Crippen LogP contribution in [0.1, 0.15) is 25.7 Å². The van der Waals surface area contributed by atoms with Crippen molar-refractivity contribution in [2.24, 2.45) is 23.0 Å². The molecule has 12 heavy (non-hydrogen) atoms. The molecule has 2 aliphatic carbocycles. The van der Waals surface area contributed by atoms with Crippen LogP contribution in [0, 0.1) is 17.3 Å². The molecule has 2 atom stereocenters. The summed E-state index contributed by atoms with van der Waals surface area (Å²) < 4.78 is 0. The van der Waals surface area contributed by atoms with Gasteiger partial charge >= 0.3 is 5.97 Å². The number of fused-ring (bicyclic) bond motifs is 1. The van der Waals surface area contributed by atoms with Crippen molar-refractivity contribution in [3.8, 4) is 0 Å². The van der Waals surface area contributed by atoms with Crippen LogP contribution >= 0.6 is 0 Å². The van der Waals surface area contributed by atoms with Gasteiger partial charge in [0.15, 0.2) is 0 Å². The minimum absolute atomic E-state index is 0.0422. The van der Waals surface area contributed by atoms with Gasteiger partial charge in [-0.2, -0.15) is 0 Å². The molecule has 0 aromatic heterocycles. The van der Waals surface area contributed by atoms with E-state index in [9.17, 15) is 4.79 Å². The van der Waals surface area contributed by atoms with Crippen LogP contribution in [0.25, 0.3) is 0 Å². The van der Waals surface area contributed by atoms with E-state index in [1.807, 2.05) is 0 Å². The van der Waals surface area contributed by atoms with Crippen molar-refractivity contribution >= 4 is 5.97 Å². The quantitative estimate of drug-likeness (QED) is 0.658. The van der Waals surface area contributed by atoms with Crippen LogP contribution in [-0.2, 0) is 4.79 Å². The molecule has 0 amide bonds. The Hall–Kier alpha value is -0.570. The van der Waals surface area contributed by atoms with Gasteiger partial charge in [0.25, 0.3) is 0 Å². The molecule has 0 saturated heterocycles. The van der Waals surface area contributed by atoms with E-state index in [2.05, 4.69) is 0 Å². The van der Waals surface area contributed by atoms with Crippen LogP contribution in [0.2, 0.25) is 0 Å². The maximum atomic E-state index is 10.6. The zero-order valence-electron chi connectivity index (χ0n) is 7.12. The Morgan fingerprint density at radius 1 is 1.50 bits per heavy atom. The highest BCUT2D eigenvalue weighted by atomic mass is 16.4. The highest BCUT2D eigenvalue weighted by molar-refractivity contribution is 5.67. The van der Waals surface area contributed by atoms with Crippen LogP contribution in [0.4, 0.5) is 0 Å². The molecule has 3 heteroatoms. The SMILES string of the molecule is NCC1(CC(=O)O)C[C@H]2C[C@@H]2C1. The van der Waals surface area contributed by atoms with E-state index in [0.717, 1.165) is 24.7 Å². The van der Waals surface area contributed by atoms with Crippen molar-refractivity contribution in [2.75, 3.05) is 6.54 Å². The normalized spacial score (nSPS) is 36.1. The van der Waals surface area contributed by atoms with E-state index in [1.165, 1.54) is 6.42 Å². The van der Waals surface area contributed by atoms with Crippen LogP contribution in [-0.4, -0.2) is 17.6 Å². The third-order valence-electron chi connectivity index (χ3n) is 3.42. The molecule has 0 unspecified atom stereocenters. The van der Waals surface area contributed by atoms with Gasteiger partial charge in [-0.1, -0.05) is 0 Å². The fraction of sp³-hybridized carbons (Fsp3) is 0.889. The number of hydrogen-bond donors (Lipinski definition) is 2. The standard InChI is InChI=1S/C9H15NO2/c10-5-9(4-8(11)12)2-6-1-7(6)3-9/h6-7H,1-5,10H2,(H,11,12)/t6-,7-/m1/s1. The van der Waals surface area contributed by atoms with Gasteiger partial charge in [-0.25, -0.2) is 0 Å². The van der Waals surface area contributed by atoms with E-state index in [-0.39, 0.29) is 11.8 Å². The first-order chi connectivity index (χ1) is 5.65. The maximum absolute atomic E-state index is 10.6. The Kier molecular flexibility index (Phi) is 1.65. The van der Waals surface area contributed by atoms with Crippen molar-refractivity contribution < 1.29 is 9.90 Å². The summed E-state index contributed by atoms with van der Waals surface area (Å²) in [7, 11) is 0. The van der Waals surface area contributed by atoms with Gasteiger partial charge in [0, 0.05) is 0 Å². The molecule has 3 N–H and O–H groups in total. The highest BCUT2D eigenvalue weighted by Gasteiger charge is 2.53. The summed E-state index contributed by atoms with van der Waals surface area (Å²) in [5, 5.41) is 8.72. The van der Waals surface area contributed by atoms with Gasteiger partial charge in [0.2, 0.25) is 0 Å². The van der Waals surface area contributed by atoms with Crippen molar-refractivity contribution in [3.05, 3.63) is 0 Å². The number of carboxylic acid groups (broad SMARTS) is 1. The summed E-state index contributed by atoms with van der Waals surface area (Å²) >= 11 is 0. The van der Waals surface area contributed by atoms with Gasteiger partial charge in [0.05, 0.1) is 6.42 Å². The zero-order valence-corrected chi connectivity index (χ0v) is 7.12. The molecule has 3 nitrogen and oxygen atoms in total. The molecule has 0 heterocycles. The lowest BCUT2D eigenvalue weighted by atomic mass is 9.80. The van der Waals surface area contributed by atoms with Crippen LogP contribution in [0.3, 0.4) is 0 Å². The maximum Gasteiger partial charge on any atom is 0.303 e. The smallest absolute Gasteiger partial charge is 0.303 e. The monoisotopic (exact) mass is 169 g/mol. The number of hydrogen-bond acceptors (Lipinski definition) is 2. The van der Waals surface area contributed by atoms with E-state index in [1.54, 1.807) is 0 Å². The second-order valence-corrected chi connectivity index (χ2v) is 4.44. The minimum atomic E-state index is -0.693. The van der Waals surface area contributed by atoms with E-state index in [0.29, 0.717) is 6.54 Å². The minimum Gasteiger partial charge on any atom is -0.481 e. The Morgan fingerprint density at radius 2 is 2.08 bits per heavy atom. The van der Waals surface area contributed by atoms with Crippen molar-refractivity contribution in [1.29, 1.82) is 0 Å². The molecule has 0 aromatic rings. The second-order valence-electron chi connectivity index (χ2n) is 4.44. The van der Waals surface area contributed by atoms with Gasteiger partial charge < -0.3 is 10.8 Å². The lowest BCUT2D eigenvalue weighted by molar-refractivity contribution is -0.139. The first kappa shape index (κ1) is 8.05. The van der Waals surface area contributed by atoms with E-state index < -0.39 is 5.97 Å². The fourth-order valence-electron chi connectivity index (χ4n) is 2.71. The summed E-state index contributed by atoms with van der Waals surface area (Å²) in [6, 6.07) is 0. The third-order valence-corrected chi connectivity index (χ3v) is 3.42. The number of carbonyl (C=O) groups is 1.